The summed E-state index contributed by atoms with van der Waals surface area (Å²) in [7, 11) is 1.57. The van der Waals surface area contributed by atoms with Crippen molar-refractivity contribution in [3.63, 3.8) is 0 Å². The van der Waals surface area contributed by atoms with Crippen LogP contribution in [-0.2, 0) is 10.5 Å². The minimum absolute atomic E-state index is 0.0967. The van der Waals surface area contributed by atoms with Crippen LogP contribution in [0, 0.1) is 18.3 Å². The molecular formula is C25H26N2O4S. The molecule has 0 aliphatic carbocycles. The van der Waals surface area contributed by atoms with E-state index in [1.807, 2.05) is 56.3 Å². The van der Waals surface area contributed by atoms with Crippen molar-refractivity contribution >= 4 is 17.7 Å². The fourth-order valence-corrected chi connectivity index (χ4v) is 5.54. The normalized spacial score (nSPS) is 22.5. The van der Waals surface area contributed by atoms with Gasteiger partial charge in [0.05, 0.1) is 36.1 Å². The van der Waals surface area contributed by atoms with Crippen LogP contribution in [0.25, 0.3) is 0 Å². The molecule has 0 radical (unpaired) electrons. The van der Waals surface area contributed by atoms with E-state index in [1.54, 1.807) is 7.11 Å². The predicted octanol–water partition coefficient (Wildman–Crippen LogP) is 4.44. The number of fused-ring (bicyclic) bond motifs is 1. The van der Waals surface area contributed by atoms with Gasteiger partial charge in [0.25, 0.3) is 0 Å². The smallest absolute Gasteiger partial charge is 0.231 e. The number of carbonyl (C=O) groups is 1. The highest BCUT2D eigenvalue weighted by atomic mass is 32.2. The van der Waals surface area contributed by atoms with Crippen LogP contribution in [0.2, 0.25) is 0 Å². The van der Waals surface area contributed by atoms with E-state index in [2.05, 4.69) is 6.07 Å². The maximum Gasteiger partial charge on any atom is 0.231 e. The van der Waals surface area contributed by atoms with Crippen molar-refractivity contribution in [3.05, 3.63) is 69.8 Å². The van der Waals surface area contributed by atoms with E-state index in [0.717, 1.165) is 17.5 Å². The van der Waals surface area contributed by atoms with E-state index in [1.165, 1.54) is 16.7 Å². The minimum atomic E-state index is -1.46. The lowest BCUT2D eigenvalue weighted by atomic mass is 9.85. The summed E-state index contributed by atoms with van der Waals surface area (Å²) in [5, 5.41) is 22.1. The molecule has 1 N–H and O–H groups in total. The van der Waals surface area contributed by atoms with Crippen molar-refractivity contribution in [1.82, 2.24) is 4.90 Å². The highest BCUT2D eigenvalue weighted by Crippen LogP contribution is 2.52. The molecule has 32 heavy (non-hydrogen) atoms. The number of nitriles is 1. The summed E-state index contributed by atoms with van der Waals surface area (Å²) in [4.78, 5) is 14.7. The Kier molecular flexibility index (Phi) is 6.18. The molecular weight excluding hydrogens is 424 g/mol. The summed E-state index contributed by atoms with van der Waals surface area (Å²) in [6.45, 7) is 4.58. The van der Waals surface area contributed by atoms with Crippen LogP contribution in [0.1, 0.15) is 42.4 Å². The Morgan fingerprint density at radius 2 is 2.00 bits per heavy atom. The number of allylic oxidation sites excluding steroid dienone is 1. The molecule has 1 saturated heterocycles. The average molecular weight is 451 g/mol. The van der Waals surface area contributed by atoms with Crippen LogP contribution >= 0.6 is 11.8 Å². The van der Waals surface area contributed by atoms with E-state index >= 15 is 0 Å². The number of ether oxygens (including phenoxy) is 2. The minimum Gasteiger partial charge on any atom is -0.493 e. The van der Waals surface area contributed by atoms with E-state index in [0.29, 0.717) is 34.3 Å². The molecule has 2 aromatic rings. The molecule has 0 bridgehead atoms. The van der Waals surface area contributed by atoms with E-state index in [4.69, 9.17) is 9.47 Å². The highest BCUT2D eigenvalue weighted by Gasteiger charge is 2.51. The first kappa shape index (κ1) is 22.3. The Balaban J connectivity index is 1.73. The topological polar surface area (TPSA) is 82.8 Å². The second kappa shape index (κ2) is 8.89. The lowest BCUT2D eigenvalue weighted by Crippen LogP contribution is -2.48. The standard InChI is InChI=1S/C25H26N2O4S/c1-4-11-31-21-10-7-17(12-22(21)30-3)19-13-23(28)27-24(20(19)14-26)32-15-25(27,29)18-8-5-16(2)6-9-18/h5-10,12,19,29H,4,11,13,15H2,1-3H3. The molecule has 2 aliphatic rings. The predicted molar refractivity (Wildman–Crippen MR) is 123 cm³/mol. The van der Waals surface area contributed by atoms with Crippen LogP contribution in [0.15, 0.2) is 53.1 Å². The molecule has 7 heteroatoms. The quantitative estimate of drug-likeness (QED) is 0.701. The van der Waals surface area contributed by atoms with Gasteiger partial charge in [-0.25, -0.2) is 0 Å². The Hall–Kier alpha value is -2.95. The van der Waals surface area contributed by atoms with E-state index in [-0.39, 0.29) is 18.1 Å². The zero-order chi connectivity index (χ0) is 22.9. The Labute approximate surface area is 192 Å². The molecule has 2 unspecified atom stereocenters. The molecule has 2 aromatic carbocycles. The molecule has 2 heterocycles. The average Bonchev–Trinajstić information content (AvgIpc) is 3.17. The van der Waals surface area contributed by atoms with Crippen molar-refractivity contribution < 1.29 is 19.4 Å². The third kappa shape index (κ3) is 3.74. The van der Waals surface area contributed by atoms with Gasteiger partial charge in [0.15, 0.2) is 17.2 Å². The van der Waals surface area contributed by atoms with Crippen molar-refractivity contribution in [2.24, 2.45) is 0 Å². The maximum absolute atomic E-state index is 13.3. The number of amides is 1. The first-order valence-corrected chi connectivity index (χ1v) is 11.6. The Bertz CT molecular complexity index is 1110. The van der Waals surface area contributed by atoms with Gasteiger partial charge in [-0.1, -0.05) is 42.8 Å². The number of aryl methyl sites for hydroxylation is 1. The van der Waals surface area contributed by atoms with Gasteiger partial charge in [0.1, 0.15) is 0 Å². The lowest BCUT2D eigenvalue weighted by Gasteiger charge is -2.38. The van der Waals surface area contributed by atoms with Gasteiger partial charge in [0, 0.05) is 17.9 Å². The Morgan fingerprint density at radius 1 is 1.25 bits per heavy atom. The third-order valence-electron chi connectivity index (χ3n) is 5.88. The van der Waals surface area contributed by atoms with Gasteiger partial charge in [0.2, 0.25) is 5.91 Å². The number of nitrogens with zero attached hydrogens (tertiary/aromatic N) is 2. The van der Waals surface area contributed by atoms with E-state index < -0.39 is 11.6 Å². The number of hydrogen-bond acceptors (Lipinski definition) is 6. The number of aliphatic hydroxyl groups is 1. The number of rotatable bonds is 6. The molecule has 4 rings (SSSR count). The number of carbonyl (C=O) groups excluding carboxylic acids is 1. The summed E-state index contributed by atoms with van der Waals surface area (Å²) in [5.74, 6) is 0.880. The molecule has 6 nitrogen and oxygen atoms in total. The van der Waals surface area contributed by atoms with E-state index in [9.17, 15) is 15.2 Å². The van der Waals surface area contributed by atoms with Crippen molar-refractivity contribution in [2.75, 3.05) is 19.5 Å². The number of thioether (sulfide) groups is 1. The van der Waals surface area contributed by atoms with Gasteiger partial charge in [-0.05, 0) is 31.0 Å². The third-order valence-corrected chi connectivity index (χ3v) is 7.10. The van der Waals surface area contributed by atoms with Gasteiger partial charge in [-0.2, -0.15) is 5.26 Å². The summed E-state index contributed by atoms with van der Waals surface area (Å²) in [6.07, 6.45) is 0.975. The van der Waals surface area contributed by atoms with Crippen LogP contribution in [0.5, 0.6) is 11.5 Å². The maximum atomic E-state index is 13.3. The van der Waals surface area contributed by atoms with Crippen LogP contribution in [0.4, 0.5) is 0 Å². The van der Waals surface area contributed by atoms with Crippen LogP contribution in [0.3, 0.4) is 0 Å². The second-order valence-corrected chi connectivity index (χ2v) is 9.01. The molecule has 2 atom stereocenters. The molecule has 166 valence electrons. The zero-order valence-electron chi connectivity index (χ0n) is 18.4. The fraction of sp³-hybridized carbons (Fsp3) is 0.360. The van der Waals surface area contributed by atoms with Crippen LogP contribution in [-0.4, -0.2) is 35.4 Å². The lowest BCUT2D eigenvalue weighted by molar-refractivity contribution is -0.149. The van der Waals surface area contributed by atoms with Crippen molar-refractivity contribution in [3.8, 4) is 17.6 Å². The van der Waals surface area contributed by atoms with Gasteiger partial charge < -0.3 is 14.6 Å². The summed E-state index contributed by atoms with van der Waals surface area (Å²) in [5.41, 5.74) is 1.56. The summed E-state index contributed by atoms with van der Waals surface area (Å²) >= 11 is 1.35. The zero-order valence-corrected chi connectivity index (χ0v) is 19.2. The highest BCUT2D eigenvalue weighted by molar-refractivity contribution is 8.03. The number of methoxy groups -OCH3 is 1. The van der Waals surface area contributed by atoms with Gasteiger partial charge in [-0.15, -0.1) is 11.8 Å². The van der Waals surface area contributed by atoms with Crippen molar-refractivity contribution in [2.45, 2.75) is 38.3 Å². The molecule has 0 aromatic heterocycles. The monoisotopic (exact) mass is 450 g/mol. The van der Waals surface area contributed by atoms with Gasteiger partial charge in [-0.3, -0.25) is 9.69 Å². The van der Waals surface area contributed by atoms with Gasteiger partial charge >= 0.3 is 0 Å². The molecule has 2 aliphatic heterocycles. The number of hydrogen-bond donors (Lipinski definition) is 1. The molecule has 0 saturated carbocycles. The first-order chi connectivity index (χ1) is 15.4. The largest absolute Gasteiger partial charge is 0.493 e. The second-order valence-electron chi connectivity index (χ2n) is 8.05. The van der Waals surface area contributed by atoms with Crippen LogP contribution < -0.4 is 9.47 Å². The summed E-state index contributed by atoms with van der Waals surface area (Å²) in [6, 6.07) is 15.4. The fourth-order valence-electron chi connectivity index (χ4n) is 4.18. The molecule has 0 spiro atoms. The number of benzene rings is 2. The Morgan fingerprint density at radius 3 is 2.66 bits per heavy atom. The SMILES string of the molecule is CCCOc1ccc(C2CC(=O)N3C(=C2C#N)SCC3(O)c2ccc(C)cc2)cc1OC. The van der Waals surface area contributed by atoms with Crippen molar-refractivity contribution in [1.29, 1.82) is 5.26 Å². The first-order valence-electron chi connectivity index (χ1n) is 10.6. The summed E-state index contributed by atoms with van der Waals surface area (Å²) < 4.78 is 11.2. The molecule has 1 amide bonds. The molecule has 1 fully saturated rings.